The van der Waals surface area contributed by atoms with Gasteiger partial charge < -0.3 is 4.57 Å². The standard InChI is InChI=1S/C37H26BrNS/c1-23-16-17-24(21-32(23)26-8-6-9-27(38)20-26)25-18-19-29-28-10-2-4-13-33(28)39(35(29)22-25)34-14-7-12-31-30-11-3-5-15-36(30)40-37(31)34/h2-15,17-23H,16H2,1H3. The largest absolute Gasteiger partial charge is 0.308 e. The minimum atomic E-state index is 0.485. The van der Waals surface area contributed by atoms with Crippen molar-refractivity contribution in [1.82, 2.24) is 4.57 Å². The van der Waals surface area contributed by atoms with Crippen molar-refractivity contribution < 1.29 is 0 Å². The first-order valence-electron chi connectivity index (χ1n) is 13.8. The van der Waals surface area contributed by atoms with Gasteiger partial charge in [0.15, 0.2) is 0 Å². The zero-order valence-corrected chi connectivity index (χ0v) is 24.5. The van der Waals surface area contributed by atoms with E-state index in [-0.39, 0.29) is 0 Å². The highest BCUT2D eigenvalue weighted by Crippen LogP contribution is 2.42. The first kappa shape index (κ1) is 23.9. The fourth-order valence-electron chi connectivity index (χ4n) is 6.35. The predicted octanol–water partition coefficient (Wildman–Crippen LogP) is 11.4. The van der Waals surface area contributed by atoms with Crippen molar-refractivity contribution in [1.29, 1.82) is 0 Å². The molecule has 0 bridgehead atoms. The van der Waals surface area contributed by atoms with Gasteiger partial charge in [0.05, 0.1) is 21.4 Å². The van der Waals surface area contributed by atoms with Crippen LogP contribution in [0.2, 0.25) is 0 Å². The van der Waals surface area contributed by atoms with E-state index < -0.39 is 0 Å². The Morgan fingerprint density at radius 1 is 0.700 bits per heavy atom. The van der Waals surface area contributed by atoms with Crippen molar-refractivity contribution in [2.75, 3.05) is 0 Å². The average molecular weight is 597 g/mol. The molecule has 1 atom stereocenters. The minimum Gasteiger partial charge on any atom is -0.308 e. The number of nitrogens with zero attached hydrogens (tertiary/aromatic N) is 1. The number of para-hydroxylation sites is 1. The second-order valence-corrected chi connectivity index (χ2v) is 12.7. The SMILES string of the molecule is CC1CC=C(c2ccc3c4ccccc4n(-c4cccc5c4sc4ccccc45)c3c2)C=C1c1cccc(Br)c1. The van der Waals surface area contributed by atoms with Gasteiger partial charge in [-0.2, -0.15) is 0 Å². The summed E-state index contributed by atoms with van der Waals surface area (Å²) in [5.74, 6) is 0.485. The van der Waals surface area contributed by atoms with Crippen LogP contribution in [0.5, 0.6) is 0 Å². The van der Waals surface area contributed by atoms with Crippen molar-refractivity contribution in [3.63, 3.8) is 0 Å². The summed E-state index contributed by atoms with van der Waals surface area (Å²) in [6.45, 7) is 2.33. The summed E-state index contributed by atoms with van der Waals surface area (Å²) >= 11 is 5.56. The van der Waals surface area contributed by atoms with Gasteiger partial charge in [0, 0.05) is 30.7 Å². The molecule has 2 aromatic heterocycles. The Balaban J connectivity index is 1.36. The van der Waals surface area contributed by atoms with Crippen LogP contribution in [0.4, 0.5) is 0 Å². The highest BCUT2D eigenvalue weighted by molar-refractivity contribution is 9.10. The number of halogens is 1. The smallest absolute Gasteiger partial charge is 0.0640 e. The predicted molar refractivity (Wildman–Crippen MR) is 178 cm³/mol. The van der Waals surface area contributed by atoms with E-state index in [1.807, 2.05) is 11.3 Å². The molecule has 2 heterocycles. The monoisotopic (exact) mass is 595 g/mol. The van der Waals surface area contributed by atoms with Crippen molar-refractivity contribution in [3.05, 3.63) is 137 Å². The summed E-state index contributed by atoms with van der Waals surface area (Å²) in [4.78, 5) is 0. The molecule has 0 fully saturated rings. The Bertz CT molecular complexity index is 2170. The zero-order chi connectivity index (χ0) is 26.8. The summed E-state index contributed by atoms with van der Waals surface area (Å²) in [6, 6.07) is 40.0. The Kier molecular flexibility index (Phi) is 5.58. The third kappa shape index (κ3) is 3.72. The fraction of sp³-hybridized carbons (Fsp3) is 0.0811. The van der Waals surface area contributed by atoms with E-state index in [9.17, 15) is 0 Å². The zero-order valence-electron chi connectivity index (χ0n) is 22.1. The van der Waals surface area contributed by atoms with Crippen LogP contribution in [-0.4, -0.2) is 4.57 Å². The van der Waals surface area contributed by atoms with Gasteiger partial charge in [-0.1, -0.05) is 108 Å². The number of benzene rings is 5. The van der Waals surface area contributed by atoms with Gasteiger partial charge in [-0.15, -0.1) is 11.3 Å². The molecule has 1 unspecified atom stereocenters. The molecule has 192 valence electrons. The van der Waals surface area contributed by atoms with Gasteiger partial charge in [0.2, 0.25) is 0 Å². The second-order valence-electron chi connectivity index (χ2n) is 10.7. The minimum absolute atomic E-state index is 0.485. The van der Waals surface area contributed by atoms with E-state index in [1.165, 1.54) is 69.9 Å². The molecule has 0 amide bonds. The van der Waals surface area contributed by atoms with E-state index >= 15 is 0 Å². The van der Waals surface area contributed by atoms with E-state index in [4.69, 9.17) is 0 Å². The number of fused-ring (bicyclic) bond motifs is 6. The van der Waals surface area contributed by atoms with Crippen LogP contribution in [0.15, 0.2) is 126 Å². The van der Waals surface area contributed by atoms with Crippen LogP contribution >= 0.6 is 27.3 Å². The van der Waals surface area contributed by atoms with Crippen LogP contribution in [-0.2, 0) is 0 Å². The van der Waals surface area contributed by atoms with E-state index in [0.717, 1.165) is 10.9 Å². The van der Waals surface area contributed by atoms with Gasteiger partial charge in [-0.05, 0) is 71.0 Å². The number of hydrogen-bond donors (Lipinski definition) is 0. The second kappa shape index (κ2) is 9.33. The van der Waals surface area contributed by atoms with E-state index in [1.54, 1.807) is 0 Å². The molecule has 7 aromatic rings. The van der Waals surface area contributed by atoms with Gasteiger partial charge >= 0.3 is 0 Å². The van der Waals surface area contributed by atoms with Crippen molar-refractivity contribution in [2.45, 2.75) is 13.3 Å². The summed E-state index contributed by atoms with van der Waals surface area (Å²) in [5, 5.41) is 5.24. The Labute approximate surface area is 245 Å². The molecule has 1 nitrogen and oxygen atoms in total. The molecule has 40 heavy (non-hydrogen) atoms. The number of allylic oxidation sites excluding steroid dienone is 4. The molecule has 5 aromatic carbocycles. The van der Waals surface area contributed by atoms with Crippen LogP contribution < -0.4 is 0 Å². The highest BCUT2D eigenvalue weighted by atomic mass is 79.9. The maximum atomic E-state index is 3.67. The van der Waals surface area contributed by atoms with Gasteiger partial charge in [-0.25, -0.2) is 0 Å². The molecule has 0 saturated heterocycles. The van der Waals surface area contributed by atoms with E-state index in [0.29, 0.717) is 5.92 Å². The molecule has 3 heteroatoms. The fourth-order valence-corrected chi connectivity index (χ4v) is 7.96. The lowest BCUT2D eigenvalue weighted by atomic mass is 9.84. The normalized spacial score (nSPS) is 15.7. The molecular weight excluding hydrogens is 570 g/mol. The van der Waals surface area contributed by atoms with E-state index in [2.05, 4.69) is 149 Å². The first-order chi connectivity index (χ1) is 19.7. The number of rotatable bonds is 3. The summed E-state index contributed by atoms with van der Waals surface area (Å²) in [5.41, 5.74) is 9.00. The lowest BCUT2D eigenvalue weighted by Gasteiger charge is -2.21. The first-order valence-corrected chi connectivity index (χ1v) is 15.4. The molecule has 8 rings (SSSR count). The average Bonchev–Trinajstić information content (AvgIpc) is 3.53. The molecule has 0 saturated carbocycles. The molecule has 0 spiro atoms. The van der Waals surface area contributed by atoms with Crippen LogP contribution in [0.1, 0.15) is 24.5 Å². The number of thiophene rings is 1. The summed E-state index contributed by atoms with van der Waals surface area (Å²) in [6.07, 6.45) is 5.85. The van der Waals surface area contributed by atoms with Gasteiger partial charge in [0.1, 0.15) is 0 Å². The highest BCUT2D eigenvalue weighted by Gasteiger charge is 2.19. The molecule has 0 N–H and O–H groups in total. The lowest BCUT2D eigenvalue weighted by Crippen LogP contribution is -2.03. The van der Waals surface area contributed by atoms with Gasteiger partial charge in [-0.3, -0.25) is 0 Å². The molecule has 1 aliphatic carbocycles. The lowest BCUT2D eigenvalue weighted by molar-refractivity contribution is 0.760. The van der Waals surface area contributed by atoms with Gasteiger partial charge in [0.25, 0.3) is 0 Å². The molecule has 0 radical (unpaired) electrons. The maximum Gasteiger partial charge on any atom is 0.0640 e. The van der Waals surface area contributed by atoms with Crippen molar-refractivity contribution in [3.8, 4) is 5.69 Å². The third-order valence-electron chi connectivity index (χ3n) is 8.32. The summed E-state index contributed by atoms with van der Waals surface area (Å²) < 4.78 is 6.27. The van der Waals surface area contributed by atoms with Crippen LogP contribution in [0, 0.1) is 5.92 Å². The van der Waals surface area contributed by atoms with Crippen LogP contribution in [0.3, 0.4) is 0 Å². The third-order valence-corrected chi connectivity index (χ3v) is 10.0. The topological polar surface area (TPSA) is 4.93 Å². The number of hydrogen-bond acceptors (Lipinski definition) is 1. The number of aromatic nitrogens is 1. The molecular formula is C37H26BrNS. The quantitative estimate of drug-likeness (QED) is 0.191. The Morgan fingerprint density at radius 3 is 2.38 bits per heavy atom. The van der Waals surface area contributed by atoms with Crippen molar-refractivity contribution >= 4 is 80.4 Å². The van der Waals surface area contributed by atoms with Crippen LogP contribution in [0.25, 0.3) is 58.8 Å². The Hall–Kier alpha value is -3.92. The molecule has 1 aliphatic rings. The maximum absolute atomic E-state index is 3.67. The molecule has 0 aliphatic heterocycles. The van der Waals surface area contributed by atoms with Crippen molar-refractivity contribution in [2.24, 2.45) is 5.92 Å². The summed E-state index contributed by atoms with van der Waals surface area (Å²) in [7, 11) is 0. The Morgan fingerprint density at radius 2 is 1.48 bits per heavy atom.